The summed E-state index contributed by atoms with van der Waals surface area (Å²) < 4.78 is 19.0. The predicted molar refractivity (Wildman–Crippen MR) is 156 cm³/mol. The summed E-state index contributed by atoms with van der Waals surface area (Å²) in [6, 6.07) is 21.8. The van der Waals surface area contributed by atoms with Gasteiger partial charge in [0.1, 0.15) is 6.61 Å². The molecule has 204 valence electrons. The van der Waals surface area contributed by atoms with Gasteiger partial charge in [-0.2, -0.15) is 0 Å². The molecule has 9 heteroatoms. The van der Waals surface area contributed by atoms with Gasteiger partial charge in [-0.15, -0.1) is 0 Å². The highest BCUT2D eigenvalue weighted by Gasteiger charge is 2.32. The van der Waals surface area contributed by atoms with Crippen molar-refractivity contribution in [2.24, 2.45) is 4.99 Å². The van der Waals surface area contributed by atoms with Crippen molar-refractivity contribution in [2.75, 3.05) is 13.7 Å². The van der Waals surface area contributed by atoms with Gasteiger partial charge in [0.05, 0.1) is 35.6 Å². The van der Waals surface area contributed by atoms with E-state index in [4.69, 9.17) is 25.8 Å². The molecule has 4 aromatic rings. The molecule has 0 radical (unpaired) electrons. The molecule has 0 unspecified atom stereocenters. The number of aromatic nitrogens is 1. The lowest BCUT2D eigenvalue weighted by Gasteiger charge is -2.24. The van der Waals surface area contributed by atoms with Gasteiger partial charge in [0.15, 0.2) is 16.3 Å². The second-order valence-electron chi connectivity index (χ2n) is 9.04. The minimum absolute atomic E-state index is 0.243. The molecule has 40 heavy (non-hydrogen) atoms. The average Bonchev–Trinajstić information content (AvgIpc) is 3.26. The minimum Gasteiger partial charge on any atom is -0.490 e. The topological polar surface area (TPSA) is 79.1 Å². The second-order valence-corrected chi connectivity index (χ2v) is 10.5. The first kappa shape index (κ1) is 27.4. The van der Waals surface area contributed by atoms with E-state index in [0.29, 0.717) is 50.3 Å². The summed E-state index contributed by atoms with van der Waals surface area (Å²) in [5.74, 6) is 0.654. The summed E-state index contributed by atoms with van der Waals surface area (Å²) >= 11 is 7.25. The monoisotopic (exact) mass is 574 g/mol. The van der Waals surface area contributed by atoms with E-state index in [-0.39, 0.29) is 5.56 Å². The van der Waals surface area contributed by atoms with Crippen LogP contribution in [0.4, 0.5) is 0 Å². The molecule has 1 aromatic heterocycles. The van der Waals surface area contributed by atoms with Crippen molar-refractivity contribution < 1.29 is 19.0 Å². The maximum Gasteiger partial charge on any atom is 0.338 e. The smallest absolute Gasteiger partial charge is 0.338 e. The van der Waals surface area contributed by atoms with Gasteiger partial charge in [0, 0.05) is 5.02 Å². The number of nitrogens with zero attached hydrogens (tertiary/aromatic N) is 2. The van der Waals surface area contributed by atoms with Crippen LogP contribution in [0.1, 0.15) is 36.6 Å². The van der Waals surface area contributed by atoms with Crippen molar-refractivity contribution in [1.82, 2.24) is 4.57 Å². The molecule has 0 aliphatic carbocycles. The zero-order chi connectivity index (χ0) is 28.2. The number of allylic oxidation sites excluding steroid dienone is 1. The van der Waals surface area contributed by atoms with E-state index < -0.39 is 12.0 Å². The van der Waals surface area contributed by atoms with Gasteiger partial charge in [-0.25, -0.2) is 9.79 Å². The van der Waals surface area contributed by atoms with Gasteiger partial charge in [-0.1, -0.05) is 71.5 Å². The molecule has 1 aliphatic rings. The summed E-state index contributed by atoms with van der Waals surface area (Å²) in [6.45, 7) is 4.47. The van der Waals surface area contributed by atoms with Crippen LogP contribution in [0.3, 0.4) is 0 Å². The fraction of sp³-hybridized carbons (Fsp3) is 0.194. The number of methoxy groups -OCH3 is 1. The molecule has 1 atom stereocenters. The van der Waals surface area contributed by atoms with Crippen LogP contribution >= 0.6 is 22.9 Å². The van der Waals surface area contributed by atoms with E-state index >= 15 is 0 Å². The molecule has 7 nitrogen and oxygen atoms in total. The van der Waals surface area contributed by atoms with Crippen LogP contribution < -0.4 is 24.4 Å². The summed E-state index contributed by atoms with van der Waals surface area (Å²) in [5.41, 5.74) is 3.17. The molecule has 1 aliphatic heterocycles. The number of hydrogen-bond donors (Lipinski definition) is 0. The number of esters is 1. The van der Waals surface area contributed by atoms with Gasteiger partial charge < -0.3 is 14.2 Å². The Bertz CT molecular complexity index is 1760. The number of rotatable bonds is 8. The zero-order valence-electron chi connectivity index (χ0n) is 22.2. The first-order valence-electron chi connectivity index (χ1n) is 12.7. The summed E-state index contributed by atoms with van der Waals surface area (Å²) in [5, 5.41) is 0.667. The van der Waals surface area contributed by atoms with Crippen molar-refractivity contribution in [1.29, 1.82) is 0 Å². The van der Waals surface area contributed by atoms with Crippen molar-refractivity contribution in [2.45, 2.75) is 26.5 Å². The molecule has 3 aromatic carbocycles. The largest absolute Gasteiger partial charge is 0.490 e. The fourth-order valence-corrected chi connectivity index (χ4v) is 5.71. The molecule has 0 saturated heterocycles. The fourth-order valence-electron chi connectivity index (χ4n) is 4.54. The van der Waals surface area contributed by atoms with Crippen LogP contribution in [0.5, 0.6) is 11.5 Å². The highest BCUT2D eigenvalue weighted by molar-refractivity contribution is 7.07. The third kappa shape index (κ3) is 5.59. The first-order chi connectivity index (χ1) is 19.4. The second kappa shape index (κ2) is 11.9. The lowest BCUT2D eigenvalue weighted by molar-refractivity contribution is -0.136. The maximum atomic E-state index is 13.8. The molecule has 2 heterocycles. The van der Waals surface area contributed by atoms with Crippen molar-refractivity contribution in [3.63, 3.8) is 0 Å². The van der Waals surface area contributed by atoms with Crippen LogP contribution in [0, 0.1) is 0 Å². The van der Waals surface area contributed by atoms with E-state index in [2.05, 4.69) is 4.99 Å². The number of hydrogen-bond acceptors (Lipinski definition) is 7. The van der Waals surface area contributed by atoms with Gasteiger partial charge in [-0.05, 0) is 60.9 Å². The number of fused-ring (bicyclic) bond motifs is 1. The Kier molecular flexibility index (Phi) is 8.19. The predicted octanol–water partition coefficient (Wildman–Crippen LogP) is 5.04. The van der Waals surface area contributed by atoms with Gasteiger partial charge in [-0.3, -0.25) is 9.36 Å². The summed E-state index contributed by atoms with van der Waals surface area (Å²) in [7, 11) is 1.33. The van der Waals surface area contributed by atoms with Gasteiger partial charge >= 0.3 is 5.97 Å². The standard InChI is InChI=1S/C31H27ClN2O5S/c1-4-38-25-16-21(12-15-24(25)39-18-20-10-13-23(32)14-11-20)17-26-29(35)34-28(22-8-6-5-7-9-22)27(30(36)37-3)19(2)33-31(34)40-26/h5-17,28H,4,18H2,1-3H3/b26-17-/t28-/m1/s1. The van der Waals surface area contributed by atoms with E-state index in [1.54, 1.807) is 17.6 Å². The Labute approximate surface area is 240 Å². The van der Waals surface area contributed by atoms with Crippen LogP contribution in [-0.4, -0.2) is 24.3 Å². The van der Waals surface area contributed by atoms with Crippen LogP contribution in [0.25, 0.3) is 6.08 Å². The maximum absolute atomic E-state index is 13.8. The number of ether oxygens (including phenoxy) is 3. The third-order valence-corrected chi connectivity index (χ3v) is 7.65. The third-order valence-electron chi connectivity index (χ3n) is 6.42. The first-order valence-corrected chi connectivity index (χ1v) is 13.9. The number of halogens is 1. The average molecular weight is 575 g/mol. The molecule has 0 N–H and O–H groups in total. The molecule has 0 fully saturated rings. The zero-order valence-corrected chi connectivity index (χ0v) is 23.8. The van der Waals surface area contributed by atoms with Gasteiger partial charge in [0.2, 0.25) is 0 Å². The summed E-state index contributed by atoms with van der Waals surface area (Å²) in [6.07, 6.45) is 1.80. The van der Waals surface area contributed by atoms with Crippen molar-refractivity contribution in [3.8, 4) is 11.5 Å². The SMILES string of the molecule is CCOc1cc(/C=c2\sc3n(c2=O)[C@H](c2ccccc2)C(C(=O)OC)=C(C)N=3)ccc1OCc1ccc(Cl)cc1. The summed E-state index contributed by atoms with van der Waals surface area (Å²) in [4.78, 5) is 31.7. The Morgan fingerprint density at radius 3 is 2.50 bits per heavy atom. The van der Waals surface area contributed by atoms with Crippen LogP contribution in [0.15, 0.2) is 93.9 Å². The lowest BCUT2D eigenvalue weighted by Crippen LogP contribution is -2.39. The number of carbonyl (C=O) groups excluding carboxylic acids is 1. The molecule has 5 rings (SSSR count). The molecule has 0 saturated carbocycles. The Hall–Kier alpha value is -4.14. The van der Waals surface area contributed by atoms with E-state index in [0.717, 1.165) is 16.7 Å². The van der Waals surface area contributed by atoms with E-state index in [1.165, 1.54) is 18.4 Å². The number of thiazole rings is 1. The Balaban J connectivity index is 1.54. The molecular weight excluding hydrogens is 548 g/mol. The van der Waals surface area contributed by atoms with Crippen LogP contribution in [-0.2, 0) is 16.1 Å². The highest BCUT2D eigenvalue weighted by atomic mass is 35.5. The molecule has 0 bridgehead atoms. The normalized spacial score (nSPS) is 14.9. The molecule has 0 amide bonds. The van der Waals surface area contributed by atoms with Gasteiger partial charge in [0.25, 0.3) is 5.56 Å². The molecular formula is C31H27ClN2O5S. The van der Waals surface area contributed by atoms with Crippen molar-refractivity contribution in [3.05, 3.63) is 125 Å². The number of carbonyl (C=O) groups is 1. The van der Waals surface area contributed by atoms with Crippen molar-refractivity contribution >= 4 is 35.0 Å². The minimum atomic E-state index is -0.644. The highest BCUT2D eigenvalue weighted by Crippen LogP contribution is 2.31. The Morgan fingerprint density at radius 1 is 1.05 bits per heavy atom. The Morgan fingerprint density at radius 2 is 1.80 bits per heavy atom. The quantitative estimate of drug-likeness (QED) is 0.276. The van der Waals surface area contributed by atoms with Crippen LogP contribution in [0.2, 0.25) is 5.02 Å². The van der Waals surface area contributed by atoms with E-state index in [9.17, 15) is 9.59 Å². The lowest BCUT2D eigenvalue weighted by atomic mass is 9.96. The number of benzene rings is 3. The van der Waals surface area contributed by atoms with E-state index in [1.807, 2.05) is 79.7 Å². The molecule has 0 spiro atoms.